The summed E-state index contributed by atoms with van der Waals surface area (Å²) < 4.78 is 16.1. The van der Waals surface area contributed by atoms with Crippen LogP contribution in [0.4, 0.5) is 0 Å². The van der Waals surface area contributed by atoms with Crippen LogP contribution in [0.1, 0.15) is 57.4 Å². The number of nitrogens with one attached hydrogen (secondary N) is 1. The number of methoxy groups -OCH3 is 2. The predicted molar refractivity (Wildman–Crippen MR) is 121 cm³/mol. The van der Waals surface area contributed by atoms with Gasteiger partial charge in [-0.3, -0.25) is 9.59 Å². The fourth-order valence-corrected chi connectivity index (χ4v) is 5.30. The second-order valence-corrected chi connectivity index (χ2v) is 9.12. The summed E-state index contributed by atoms with van der Waals surface area (Å²) >= 11 is 0. The lowest BCUT2D eigenvalue weighted by Gasteiger charge is -2.38. The van der Waals surface area contributed by atoms with Crippen molar-refractivity contribution in [2.24, 2.45) is 11.8 Å². The molecule has 4 rings (SSSR count). The van der Waals surface area contributed by atoms with Crippen LogP contribution in [0.15, 0.2) is 46.8 Å². The molecular formula is C26H31NO6. The minimum atomic E-state index is -0.901. The van der Waals surface area contributed by atoms with E-state index in [-0.39, 0.29) is 17.8 Å². The van der Waals surface area contributed by atoms with Crippen LogP contribution in [0, 0.1) is 11.8 Å². The molecule has 1 aromatic carbocycles. The average molecular weight is 454 g/mol. The smallest absolute Gasteiger partial charge is 0.337 e. The number of esters is 2. The highest BCUT2D eigenvalue weighted by atomic mass is 16.5. The standard InChI is InChI=1S/C26H31NO6/c1-14-13-19-23(24(28)20(14)25(29)32-4)22(16-9-11-17(31-3)12-10-16)21(15(2)27-19)26(30)33-18-7-5-6-8-18/h9-12,14,18,20,22,27H,5-8,13H2,1-4H3/t14-,20+,22-/m1/s1. The van der Waals surface area contributed by atoms with Crippen molar-refractivity contribution in [2.45, 2.75) is 58.0 Å². The second kappa shape index (κ2) is 9.41. The van der Waals surface area contributed by atoms with Crippen LogP contribution in [-0.2, 0) is 23.9 Å². The van der Waals surface area contributed by atoms with Gasteiger partial charge in [-0.2, -0.15) is 0 Å². The first kappa shape index (κ1) is 23.1. The molecule has 1 aromatic rings. The zero-order valence-corrected chi connectivity index (χ0v) is 19.6. The molecule has 3 atom stereocenters. The van der Waals surface area contributed by atoms with Crippen molar-refractivity contribution in [3.8, 4) is 5.75 Å². The van der Waals surface area contributed by atoms with Crippen molar-refractivity contribution in [3.05, 3.63) is 52.4 Å². The molecule has 3 aliphatic rings. The number of Topliss-reactive ketones (excluding diaryl/α,β-unsaturated/α-hetero) is 1. The van der Waals surface area contributed by atoms with Crippen LogP contribution in [0.3, 0.4) is 0 Å². The number of ketones is 1. The van der Waals surface area contributed by atoms with E-state index in [1.165, 1.54) is 7.11 Å². The molecule has 1 heterocycles. The lowest BCUT2D eigenvalue weighted by atomic mass is 9.69. The number of carbonyl (C=O) groups excluding carboxylic acids is 3. The highest BCUT2D eigenvalue weighted by Gasteiger charge is 2.47. The summed E-state index contributed by atoms with van der Waals surface area (Å²) in [4.78, 5) is 39.6. The summed E-state index contributed by atoms with van der Waals surface area (Å²) in [6.07, 6.45) is 4.21. The Kier molecular flexibility index (Phi) is 6.58. The molecule has 0 saturated heterocycles. The van der Waals surface area contributed by atoms with Crippen LogP contribution in [-0.4, -0.2) is 38.0 Å². The summed E-state index contributed by atoms with van der Waals surface area (Å²) in [7, 11) is 2.88. The van der Waals surface area contributed by atoms with Crippen molar-refractivity contribution >= 4 is 17.7 Å². The first-order valence-corrected chi connectivity index (χ1v) is 11.5. The van der Waals surface area contributed by atoms with E-state index in [1.807, 2.05) is 26.0 Å². The van der Waals surface area contributed by atoms with Gasteiger partial charge in [-0.05, 0) is 62.6 Å². The predicted octanol–water partition coefficient (Wildman–Crippen LogP) is 3.79. The van der Waals surface area contributed by atoms with Crippen LogP contribution in [0.2, 0.25) is 0 Å². The van der Waals surface area contributed by atoms with Crippen LogP contribution in [0.25, 0.3) is 0 Å². The Balaban J connectivity index is 1.79. The number of dihydropyridines is 1. The van der Waals surface area contributed by atoms with E-state index in [9.17, 15) is 14.4 Å². The minimum absolute atomic E-state index is 0.102. The maximum Gasteiger partial charge on any atom is 0.337 e. The number of rotatable bonds is 5. The van der Waals surface area contributed by atoms with Crippen LogP contribution in [0.5, 0.6) is 5.75 Å². The van der Waals surface area contributed by atoms with Crippen molar-refractivity contribution in [3.63, 3.8) is 0 Å². The Morgan fingerprint density at radius 2 is 1.73 bits per heavy atom. The third kappa shape index (κ3) is 4.28. The fourth-order valence-electron chi connectivity index (χ4n) is 5.30. The van der Waals surface area contributed by atoms with Gasteiger partial charge < -0.3 is 19.5 Å². The molecule has 2 aliphatic carbocycles. The third-order valence-corrected chi connectivity index (χ3v) is 6.99. The summed E-state index contributed by atoms with van der Waals surface area (Å²) in [6.45, 7) is 3.71. The van der Waals surface area contributed by atoms with E-state index in [2.05, 4.69) is 5.32 Å². The Morgan fingerprint density at radius 3 is 2.33 bits per heavy atom. The molecular weight excluding hydrogens is 422 g/mol. The van der Waals surface area contributed by atoms with Gasteiger partial charge in [0.05, 0.1) is 19.8 Å². The average Bonchev–Trinajstić information content (AvgIpc) is 3.30. The SMILES string of the molecule is COC(=O)[C@@H]1C(=O)C2=C(C[C@H]1C)NC(C)=C(C(=O)OC1CCCC1)[C@H]2c1ccc(OC)cc1. The van der Waals surface area contributed by atoms with Gasteiger partial charge in [0, 0.05) is 22.9 Å². The van der Waals surface area contributed by atoms with Crippen molar-refractivity contribution in [2.75, 3.05) is 14.2 Å². The first-order valence-electron chi connectivity index (χ1n) is 11.5. The molecule has 0 aromatic heterocycles. The normalized spacial score (nSPS) is 25.5. The number of ether oxygens (including phenoxy) is 3. The van der Waals surface area contributed by atoms with Gasteiger partial charge in [-0.15, -0.1) is 0 Å². The molecule has 0 amide bonds. The summed E-state index contributed by atoms with van der Waals surface area (Å²) in [5, 5.41) is 3.30. The van der Waals surface area contributed by atoms with Crippen molar-refractivity contribution in [1.29, 1.82) is 0 Å². The highest BCUT2D eigenvalue weighted by molar-refractivity contribution is 6.12. The number of carbonyl (C=O) groups is 3. The van der Waals surface area contributed by atoms with Gasteiger partial charge in [0.15, 0.2) is 5.78 Å². The number of benzene rings is 1. The Labute approximate surface area is 194 Å². The maximum atomic E-state index is 13.7. The van der Waals surface area contributed by atoms with E-state index < -0.39 is 23.8 Å². The Bertz CT molecular complexity index is 1020. The molecule has 176 valence electrons. The quantitative estimate of drug-likeness (QED) is 0.536. The molecule has 0 bridgehead atoms. The van der Waals surface area contributed by atoms with Crippen molar-refractivity contribution in [1.82, 2.24) is 5.32 Å². The van der Waals surface area contributed by atoms with E-state index in [0.29, 0.717) is 29.0 Å². The van der Waals surface area contributed by atoms with E-state index in [0.717, 1.165) is 36.9 Å². The van der Waals surface area contributed by atoms with Gasteiger partial charge in [-0.25, -0.2) is 4.79 Å². The topological polar surface area (TPSA) is 90.9 Å². The lowest BCUT2D eigenvalue weighted by molar-refractivity contribution is -0.151. The molecule has 7 nitrogen and oxygen atoms in total. The fraction of sp³-hybridized carbons (Fsp3) is 0.500. The maximum absolute atomic E-state index is 13.7. The van der Waals surface area contributed by atoms with E-state index >= 15 is 0 Å². The summed E-state index contributed by atoms with van der Waals surface area (Å²) in [6, 6.07) is 7.32. The van der Waals surface area contributed by atoms with Gasteiger partial charge >= 0.3 is 11.9 Å². The molecule has 33 heavy (non-hydrogen) atoms. The lowest BCUT2D eigenvalue weighted by Crippen LogP contribution is -2.43. The van der Waals surface area contributed by atoms with Gasteiger partial charge in [0.2, 0.25) is 0 Å². The van der Waals surface area contributed by atoms with Crippen LogP contribution < -0.4 is 10.1 Å². The largest absolute Gasteiger partial charge is 0.497 e. The monoisotopic (exact) mass is 453 g/mol. The zero-order chi connectivity index (χ0) is 23.7. The summed E-state index contributed by atoms with van der Waals surface area (Å²) in [5.74, 6) is -2.34. The van der Waals surface area contributed by atoms with Crippen molar-refractivity contribution < 1.29 is 28.6 Å². The van der Waals surface area contributed by atoms with E-state index in [1.54, 1.807) is 19.2 Å². The molecule has 1 saturated carbocycles. The molecule has 0 radical (unpaired) electrons. The third-order valence-electron chi connectivity index (χ3n) is 6.99. The number of hydrogen-bond acceptors (Lipinski definition) is 7. The first-order chi connectivity index (χ1) is 15.8. The molecule has 0 unspecified atom stereocenters. The number of allylic oxidation sites excluding steroid dienone is 3. The number of hydrogen-bond donors (Lipinski definition) is 1. The van der Waals surface area contributed by atoms with Gasteiger partial charge in [0.25, 0.3) is 0 Å². The highest BCUT2D eigenvalue weighted by Crippen LogP contribution is 2.46. The zero-order valence-electron chi connectivity index (χ0n) is 19.6. The van der Waals surface area contributed by atoms with Gasteiger partial charge in [0.1, 0.15) is 17.8 Å². The Morgan fingerprint density at radius 1 is 1.06 bits per heavy atom. The second-order valence-electron chi connectivity index (χ2n) is 9.12. The van der Waals surface area contributed by atoms with Crippen LogP contribution >= 0.6 is 0 Å². The minimum Gasteiger partial charge on any atom is -0.497 e. The molecule has 1 aliphatic heterocycles. The summed E-state index contributed by atoms with van der Waals surface area (Å²) in [5.41, 5.74) is 3.06. The molecule has 7 heteroatoms. The molecule has 0 spiro atoms. The molecule has 1 N–H and O–H groups in total. The van der Waals surface area contributed by atoms with Gasteiger partial charge in [-0.1, -0.05) is 19.1 Å². The Hall–Kier alpha value is -3.09. The molecule has 1 fully saturated rings. The van der Waals surface area contributed by atoms with E-state index in [4.69, 9.17) is 14.2 Å².